The number of unbranched alkanes of at least 4 members (excludes halogenated alkanes) is 1. The van der Waals surface area contributed by atoms with Crippen LogP contribution in [0.1, 0.15) is 76.5 Å². The standard InChI is InChI=1S/C17H23F2NO.C4H10/c1-4-20-9-7-17(8-10-20,13(3)21)15-11-14(16(18)19)6-5-12(15)2;1-3-4-2/h5-6,11,16H,4,7-10H2,1-3H3;3-4H2,1-2H3. The Bertz CT molecular complexity index is 547. The van der Waals surface area contributed by atoms with E-state index in [1.54, 1.807) is 19.1 Å². The van der Waals surface area contributed by atoms with Crippen LogP contribution >= 0.6 is 0 Å². The zero-order valence-corrected chi connectivity index (χ0v) is 16.4. The van der Waals surface area contributed by atoms with Crippen LogP contribution < -0.4 is 0 Å². The lowest BCUT2D eigenvalue weighted by atomic mass is 9.68. The lowest BCUT2D eigenvalue weighted by Gasteiger charge is -2.41. The Morgan fingerprint density at radius 3 is 2.12 bits per heavy atom. The number of alkyl halides is 2. The number of benzene rings is 1. The largest absolute Gasteiger partial charge is 0.304 e. The zero-order valence-electron chi connectivity index (χ0n) is 16.4. The first-order valence-electron chi connectivity index (χ1n) is 9.44. The van der Waals surface area contributed by atoms with Crippen molar-refractivity contribution in [3.8, 4) is 0 Å². The van der Waals surface area contributed by atoms with Gasteiger partial charge in [0.25, 0.3) is 6.43 Å². The molecule has 2 nitrogen and oxygen atoms in total. The molecule has 0 aliphatic carbocycles. The minimum atomic E-state index is -2.50. The summed E-state index contributed by atoms with van der Waals surface area (Å²) in [4.78, 5) is 14.6. The van der Waals surface area contributed by atoms with Crippen LogP contribution in [0.5, 0.6) is 0 Å². The molecule has 0 saturated carbocycles. The van der Waals surface area contributed by atoms with Crippen molar-refractivity contribution in [3.05, 3.63) is 34.9 Å². The molecule has 0 unspecified atom stereocenters. The summed E-state index contributed by atoms with van der Waals surface area (Å²) in [6.45, 7) is 12.6. The fraction of sp³-hybridized carbons (Fsp3) is 0.667. The quantitative estimate of drug-likeness (QED) is 0.678. The number of carbonyl (C=O) groups is 1. The highest BCUT2D eigenvalue weighted by Gasteiger charge is 2.41. The second-order valence-electron chi connectivity index (χ2n) is 6.95. The van der Waals surface area contributed by atoms with Gasteiger partial charge in [0.2, 0.25) is 0 Å². The van der Waals surface area contributed by atoms with Crippen LogP contribution in [-0.4, -0.2) is 30.3 Å². The Morgan fingerprint density at radius 1 is 1.16 bits per heavy atom. The summed E-state index contributed by atoms with van der Waals surface area (Å²) in [6.07, 6.45) is 1.57. The number of piperidine rings is 1. The molecule has 1 aromatic rings. The second kappa shape index (κ2) is 10.0. The highest BCUT2D eigenvalue weighted by molar-refractivity contribution is 5.88. The van der Waals surface area contributed by atoms with Gasteiger partial charge in [-0.2, -0.15) is 0 Å². The first-order chi connectivity index (χ1) is 11.8. The van der Waals surface area contributed by atoms with Gasteiger partial charge in [-0.05, 0) is 63.5 Å². The van der Waals surface area contributed by atoms with Crippen LogP contribution in [0.25, 0.3) is 0 Å². The zero-order chi connectivity index (χ0) is 19.0. The van der Waals surface area contributed by atoms with E-state index in [4.69, 9.17) is 0 Å². The molecule has 1 aromatic carbocycles. The maximum absolute atomic E-state index is 13.0. The molecule has 1 saturated heterocycles. The average molecular weight is 353 g/mol. The van der Waals surface area contributed by atoms with Crippen LogP contribution in [0.4, 0.5) is 8.78 Å². The van der Waals surface area contributed by atoms with Gasteiger partial charge >= 0.3 is 0 Å². The summed E-state index contributed by atoms with van der Waals surface area (Å²) in [6, 6.07) is 4.72. The molecule has 1 heterocycles. The molecule has 0 spiro atoms. The molecule has 25 heavy (non-hydrogen) atoms. The van der Waals surface area contributed by atoms with Crippen LogP contribution in [0.15, 0.2) is 18.2 Å². The summed E-state index contributed by atoms with van der Waals surface area (Å²) in [5.41, 5.74) is 1.14. The number of aryl methyl sites for hydroxylation is 1. The van der Waals surface area contributed by atoms with Crippen molar-refractivity contribution in [1.29, 1.82) is 0 Å². The minimum absolute atomic E-state index is 0.00847. The van der Waals surface area contributed by atoms with Crippen LogP contribution in [0, 0.1) is 6.92 Å². The molecule has 4 heteroatoms. The van der Waals surface area contributed by atoms with E-state index in [2.05, 4.69) is 25.7 Å². The van der Waals surface area contributed by atoms with Gasteiger partial charge in [-0.25, -0.2) is 8.78 Å². The maximum atomic E-state index is 13.0. The van der Waals surface area contributed by atoms with Crippen molar-refractivity contribution >= 4 is 5.78 Å². The van der Waals surface area contributed by atoms with E-state index in [0.717, 1.165) is 30.8 Å². The molecule has 0 N–H and O–H groups in total. The molecule has 2 rings (SSSR count). The van der Waals surface area contributed by atoms with Crippen LogP contribution in [-0.2, 0) is 10.2 Å². The van der Waals surface area contributed by atoms with E-state index >= 15 is 0 Å². The Balaban J connectivity index is 0.000000705. The lowest BCUT2D eigenvalue weighted by molar-refractivity contribution is -0.124. The fourth-order valence-corrected chi connectivity index (χ4v) is 3.35. The first kappa shape index (κ1) is 21.8. The van der Waals surface area contributed by atoms with Gasteiger partial charge in [0.1, 0.15) is 5.78 Å². The molecule has 1 aliphatic rings. The number of halogens is 2. The van der Waals surface area contributed by atoms with Gasteiger partial charge in [0.15, 0.2) is 0 Å². The molecule has 1 fully saturated rings. The Morgan fingerprint density at radius 2 is 1.72 bits per heavy atom. The fourth-order valence-electron chi connectivity index (χ4n) is 3.35. The number of likely N-dealkylation sites (tertiary alicyclic amines) is 1. The normalized spacial score (nSPS) is 17.1. The molecule has 0 atom stereocenters. The van der Waals surface area contributed by atoms with Crippen LogP contribution in [0.2, 0.25) is 0 Å². The molecular formula is C21H33F2NO. The van der Waals surface area contributed by atoms with Crippen molar-refractivity contribution in [2.24, 2.45) is 0 Å². The smallest absolute Gasteiger partial charge is 0.263 e. The first-order valence-corrected chi connectivity index (χ1v) is 9.44. The number of ketones is 1. The SMILES string of the molecule is CCCC.CCN1CCC(C(C)=O)(c2cc(C(F)F)ccc2C)CC1. The molecule has 142 valence electrons. The Kier molecular flexibility index (Phi) is 8.70. The third-order valence-corrected chi connectivity index (χ3v) is 5.36. The van der Waals surface area contributed by atoms with E-state index < -0.39 is 11.8 Å². The topological polar surface area (TPSA) is 20.3 Å². The van der Waals surface area contributed by atoms with Crippen molar-refractivity contribution < 1.29 is 13.6 Å². The summed E-state index contributed by atoms with van der Waals surface area (Å²) in [5.74, 6) is 0.0905. The number of hydrogen-bond acceptors (Lipinski definition) is 2. The average Bonchev–Trinajstić information content (AvgIpc) is 2.62. The van der Waals surface area contributed by atoms with E-state index in [0.29, 0.717) is 12.8 Å². The molecular weight excluding hydrogens is 320 g/mol. The monoisotopic (exact) mass is 353 g/mol. The highest BCUT2D eigenvalue weighted by atomic mass is 19.3. The Hall–Kier alpha value is -1.29. The molecule has 0 amide bonds. The van der Waals surface area contributed by atoms with E-state index in [1.165, 1.54) is 18.9 Å². The lowest BCUT2D eigenvalue weighted by Crippen LogP contribution is -2.46. The van der Waals surface area contributed by atoms with E-state index in [1.807, 2.05) is 6.92 Å². The number of Topliss-reactive ketones (excluding diaryl/α,β-unsaturated/α-hetero) is 1. The van der Waals surface area contributed by atoms with Gasteiger partial charge in [-0.1, -0.05) is 45.7 Å². The predicted octanol–water partition coefficient (Wildman–Crippen LogP) is 5.68. The van der Waals surface area contributed by atoms with Gasteiger partial charge < -0.3 is 4.90 Å². The Labute approximate surface area is 151 Å². The van der Waals surface area contributed by atoms with Crippen molar-refractivity contribution in [3.63, 3.8) is 0 Å². The maximum Gasteiger partial charge on any atom is 0.263 e. The number of nitrogens with zero attached hydrogens (tertiary/aromatic N) is 1. The second-order valence-corrected chi connectivity index (χ2v) is 6.95. The minimum Gasteiger partial charge on any atom is -0.304 e. The van der Waals surface area contributed by atoms with Gasteiger partial charge in [0, 0.05) is 5.56 Å². The summed E-state index contributed by atoms with van der Waals surface area (Å²) >= 11 is 0. The van der Waals surface area contributed by atoms with Crippen molar-refractivity contribution in [2.45, 2.75) is 72.1 Å². The molecule has 0 aromatic heterocycles. The van der Waals surface area contributed by atoms with E-state index in [9.17, 15) is 13.6 Å². The van der Waals surface area contributed by atoms with Crippen molar-refractivity contribution in [1.82, 2.24) is 4.90 Å². The number of hydrogen-bond donors (Lipinski definition) is 0. The third kappa shape index (κ3) is 5.34. The summed E-state index contributed by atoms with van der Waals surface area (Å²) < 4.78 is 26.0. The van der Waals surface area contributed by atoms with Crippen molar-refractivity contribution in [2.75, 3.05) is 19.6 Å². The molecule has 0 radical (unpaired) electrons. The number of carbonyl (C=O) groups excluding carboxylic acids is 1. The van der Waals surface area contributed by atoms with Gasteiger partial charge in [-0.15, -0.1) is 0 Å². The predicted molar refractivity (Wildman–Crippen MR) is 100 cm³/mol. The van der Waals surface area contributed by atoms with Crippen LogP contribution in [0.3, 0.4) is 0 Å². The summed E-state index contributed by atoms with van der Waals surface area (Å²) in [5, 5.41) is 0. The van der Waals surface area contributed by atoms with Gasteiger partial charge in [-0.3, -0.25) is 4.79 Å². The van der Waals surface area contributed by atoms with E-state index in [-0.39, 0.29) is 11.3 Å². The third-order valence-electron chi connectivity index (χ3n) is 5.36. The highest BCUT2D eigenvalue weighted by Crippen LogP contribution is 2.39. The molecule has 0 bridgehead atoms. The molecule has 1 aliphatic heterocycles. The van der Waals surface area contributed by atoms with Gasteiger partial charge in [0.05, 0.1) is 5.41 Å². The summed E-state index contributed by atoms with van der Waals surface area (Å²) in [7, 11) is 0. The number of rotatable bonds is 5.